The van der Waals surface area contributed by atoms with Gasteiger partial charge in [0.25, 0.3) is 0 Å². The molecule has 0 saturated heterocycles. The van der Waals surface area contributed by atoms with Crippen LogP contribution in [0.2, 0.25) is 0 Å². The number of benzene rings is 2. The number of rotatable bonds is 1. The third kappa shape index (κ3) is 3.11. The molecule has 0 aromatic heterocycles. The van der Waals surface area contributed by atoms with Crippen LogP contribution in [-0.2, 0) is 6.54 Å². The van der Waals surface area contributed by atoms with E-state index in [1.165, 1.54) is 5.56 Å². The summed E-state index contributed by atoms with van der Waals surface area (Å²) in [5, 5.41) is 5.22. The summed E-state index contributed by atoms with van der Waals surface area (Å²) in [5.41, 5.74) is 10.0. The van der Waals surface area contributed by atoms with E-state index in [0.717, 1.165) is 28.2 Å². The number of carbonyl (C=O) groups is 1. The van der Waals surface area contributed by atoms with Crippen LogP contribution in [0, 0.1) is 19.3 Å². The number of fused-ring (bicyclic) bond motifs is 3. The second-order valence-corrected chi connectivity index (χ2v) is 8.66. The molecule has 4 rings (SSSR count). The Labute approximate surface area is 167 Å². The maximum absolute atomic E-state index is 13.3. The molecule has 1 unspecified atom stereocenters. The van der Waals surface area contributed by atoms with E-state index in [9.17, 15) is 4.79 Å². The number of para-hydroxylation sites is 1. The van der Waals surface area contributed by atoms with Gasteiger partial charge < -0.3 is 5.32 Å². The summed E-state index contributed by atoms with van der Waals surface area (Å²) in [6.45, 7) is 11.2. The Hall–Kier alpha value is -2.95. The van der Waals surface area contributed by atoms with Crippen LogP contribution in [0.1, 0.15) is 37.5 Å². The molecule has 2 aliphatic rings. The number of aryl methyl sites for hydroxylation is 1. The molecule has 2 aromatic carbocycles. The van der Waals surface area contributed by atoms with E-state index in [-0.39, 0.29) is 17.6 Å². The topological polar surface area (TPSA) is 47.6 Å². The van der Waals surface area contributed by atoms with Crippen molar-refractivity contribution in [2.24, 2.45) is 5.41 Å². The van der Waals surface area contributed by atoms with Gasteiger partial charge in [-0.05, 0) is 48.7 Å². The molecule has 0 aliphatic carbocycles. The number of hydrazine groups is 1. The van der Waals surface area contributed by atoms with Crippen LogP contribution in [0.15, 0.2) is 54.2 Å². The molecule has 0 radical (unpaired) electrons. The summed E-state index contributed by atoms with van der Waals surface area (Å²) in [5.74, 6) is 0. The van der Waals surface area contributed by atoms with Gasteiger partial charge in [-0.2, -0.15) is 0 Å². The number of allylic oxidation sites excluding steroid dienone is 1. The van der Waals surface area contributed by atoms with Gasteiger partial charge in [0, 0.05) is 16.8 Å². The Bertz CT molecular complexity index is 957. The van der Waals surface area contributed by atoms with E-state index in [4.69, 9.17) is 0 Å². The minimum absolute atomic E-state index is 0.0262. The standard InChI is InChI=1S/C23H28N4O/c1-15-9-8-11-18(16(15)2)24-22(28)26-14-17-10-6-7-12-19(17)27-21(26)13-20(25-27)23(3,4)5/h6-13,21,25H,14H2,1-5H3,(H,24,28). The van der Waals surface area contributed by atoms with Crippen LogP contribution in [0.5, 0.6) is 0 Å². The molecule has 0 spiro atoms. The van der Waals surface area contributed by atoms with Crippen LogP contribution < -0.4 is 15.8 Å². The lowest BCUT2D eigenvalue weighted by Gasteiger charge is -2.41. The first-order valence-electron chi connectivity index (χ1n) is 9.75. The van der Waals surface area contributed by atoms with Crippen LogP contribution in [0.25, 0.3) is 0 Å². The summed E-state index contributed by atoms with van der Waals surface area (Å²) in [6, 6.07) is 14.2. The Morgan fingerprint density at radius 1 is 1.11 bits per heavy atom. The molecule has 28 heavy (non-hydrogen) atoms. The fourth-order valence-corrected chi connectivity index (χ4v) is 3.73. The van der Waals surface area contributed by atoms with Crippen molar-refractivity contribution in [2.45, 2.75) is 47.3 Å². The van der Waals surface area contributed by atoms with Crippen molar-refractivity contribution in [2.75, 3.05) is 10.3 Å². The fraction of sp³-hybridized carbons (Fsp3) is 0.348. The van der Waals surface area contributed by atoms with E-state index < -0.39 is 0 Å². The molecule has 2 amide bonds. The van der Waals surface area contributed by atoms with Gasteiger partial charge in [0.1, 0.15) is 6.17 Å². The molecule has 146 valence electrons. The first kappa shape index (κ1) is 18.4. The minimum Gasteiger partial charge on any atom is -0.307 e. The number of hydrogen-bond donors (Lipinski definition) is 2. The Morgan fingerprint density at radius 3 is 2.61 bits per heavy atom. The number of anilines is 2. The number of urea groups is 1. The first-order chi connectivity index (χ1) is 13.3. The summed E-state index contributed by atoms with van der Waals surface area (Å²) in [6.07, 6.45) is 2.01. The lowest BCUT2D eigenvalue weighted by Crippen LogP contribution is -2.55. The number of nitrogens with one attached hydrogen (secondary N) is 2. The summed E-state index contributed by atoms with van der Waals surface area (Å²) in [4.78, 5) is 15.2. The van der Waals surface area contributed by atoms with Gasteiger partial charge in [0.05, 0.1) is 12.2 Å². The summed E-state index contributed by atoms with van der Waals surface area (Å²) in [7, 11) is 0. The van der Waals surface area contributed by atoms with Crippen molar-refractivity contribution in [3.05, 3.63) is 70.9 Å². The van der Waals surface area contributed by atoms with Crippen LogP contribution in [-0.4, -0.2) is 17.1 Å². The lowest BCUT2D eigenvalue weighted by atomic mass is 9.92. The zero-order valence-corrected chi connectivity index (χ0v) is 17.2. The smallest absolute Gasteiger partial charge is 0.307 e. The average Bonchev–Trinajstić information content (AvgIpc) is 3.11. The fourth-order valence-electron chi connectivity index (χ4n) is 3.73. The molecule has 5 heteroatoms. The second kappa shape index (κ2) is 6.59. The van der Waals surface area contributed by atoms with Crippen molar-refractivity contribution in [1.29, 1.82) is 0 Å². The van der Waals surface area contributed by atoms with E-state index in [0.29, 0.717) is 6.54 Å². The van der Waals surface area contributed by atoms with E-state index in [1.807, 2.05) is 36.1 Å². The zero-order valence-electron chi connectivity index (χ0n) is 17.2. The molecular weight excluding hydrogens is 348 g/mol. The quantitative estimate of drug-likeness (QED) is 0.742. The highest BCUT2D eigenvalue weighted by molar-refractivity contribution is 5.91. The number of hydrogen-bond acceptors (Lipinski definition) is 3. The van der Waals surface area contributed by atoms with Crippen LogP contribution in [0.4, 0.5) is 16.2 Å². The minimum atomic E-state index is -0.158. The molecule has 1 atom stereocenters. The predicted octanol–water partition coefficient (Wildman–Crippen LogP) is 4.93. The van der Waals surface area contributed by atoms with Crippen molar-refractivity contribution in [1.82, 2.24) is 10.3 Å². The summed E-state index contributed by atoms with van der Waals surface area (Å²) < 4.78 is 0. The Balaban J connectivity index is 1.68. The number of nitrogens with zero attached hydrogens (tertiary/aromatic N) is 2. The SMILES string of the molecule is Cc1cccc(NC(=O)N2Cc3ccccc3N3NC(C(C)(C)C)=CC23)c1C. The normalized spacial score (nSPS) is 18.2. The monoisotopic (exact) mass is 376 g/mol. The van der Waals surface area contributed by atoms with E-state index >= 15 is 0 Å². The van der Waals surface area contributed by atoms with Crippen molar-refractivity contribution in [3.8, 4) is 0 Å². The Kier molecular flexibility index (Phi) is 4.33. The third-order valence-electron chi connectivity index (χ3n) is 5.65. The molecule has 0 saturated carbocycles. The number of carbonyl (C=O) groups excluding carboxylic acids is 1. The lowest BCUT2D eigenvalue weighted by molar-refractivity contribution is 0.190. The van der Waals surface area contributed by atoms with Crippen LogP contribution in [0.3, 0.4) is 0 Å². The molecular formula is C23H28N4O. The molecule has 2 aromatic rings. The van der Waals surface area contributed by atoms with Crippen molar-refractivity contribution in [3.63, 3.8) is 0 Å². The van der Waals surface area contributed by atoms with E-state index in [2.05, 4.69) is 67.7 Å². The predicted molar refractivity (Wildman–Crippen MR) is 114 cm³/mol. The van der Waals surface area contributed by atoms with Crippen molar-refractivity contribution >= 4 is 17.4 Å². The first-order valence-corrected chi connectivity index (χ1v) is 9.75. The molecule has 0 bridgehead atoms. The molecule has 2 heterocycles. The second-order valence-electron chi connectivity index (χ2n) is 8.66. The molecule has 2 N–H and O–H groups in total. The van der Waals surface area contributed by atoms with Gasteiger partial charge in [0.2, 0.25) is 0 Å². The molecule has 2 aliphatic heterocycles. The maximum Gasteiger partial charge on any atom is 0.324 e. The van der Waals surface area contributed by atoms with Gasteiger partial charge in [-0.15, -0.1) is 0 Å². The zero-order chi connectivity index (χ0) is 20.1. The van der Waals surface area contributed by atoms with Crippen LogP contribution >= 0.6 is 0 Å². The summed E-state index contributed by atoms with van der Waals surface area (Å²) >= 11 is 0. The maximum atomic E-state index is 13.3. The highest BCUT2D eigenvalue weighted by Gasteiger charge is 2.40. The molecule has 0 fully saturated rings. The highest BCUT2D eigenvalue weighted by Crippen LogP contribution is 2.37. The molecule has 5 nitrogen and oxygen atoms in total. The largest absolute Gasteiger partial charge is 0.324 e. The van der Waals surface area contributed by atoms with Gasteiger partial charge in [-0.3, -0.25) is 15.3 Å². The average molecular weight is 377 g/mol. The third-order valence-corrected chi connectivity index (χ3v) is 5.65. The van der Waals surface area contributed by atoms with Gasteiger partial charge in [-0.1, -0.05) is 51.1 Å². The highest BCUT2D eigenvalue weighted by atomic mass is 16.2. The van der Waals surface area contributed by atoms with Crippen molar-refractivity contribution < 1.29 is 4.79 Å². The van der Waals surface area contributed by atoms with Gasteiger partial charge in [-0.25, -0.2) is 4.79 Å². The van der Waals surface area contributed by atoms with E-state index in [1.54, 1.807) is 0 Å². The van der Waals surface area contributed by atoms with Gasteiger partial charge >= 0.3 is 6.03 Å². The number of amides is 2. The Morgan fingerprint density at radius 2 is 1.86 bits per heavy atom. The van der Waals surface area contributed by atoms with Gasteiger partial charge in [0.15, 0.2) is 0 Å².